The molecule has 0 N–H and O–H groups in total. The Morgan fingerprint density at radius 3 is 2.54 bits per heavy atom. The van der Waals surface area contributed by atoms with E-state index in [1.54, 1.807) is 12.1 Å². The summed E-state index contributed by atoms with van der Waals surface area (Å²) in [5, 5.41) is 5.64. The van der Waals surface area contributed by atoms with E-state index in [4.69, 9.17) is 4.98 Å². The summed E-state index contributed by atoms with van der Waals surface area (Å²) in [4.78, 5) is 20.1. The molecule has 0 unspecified atom stereocenters. The predicted molar refractivity (Wildman–Crippen MR) is 140 cm³/mol. The van der Waals surface area contributed by atoms with E-state index in [9.17, 15) is 9.18 Å². The number of aryl methyl sites for hydroxylation is 1. The highest BCUT2D eigenvalue weighted by atomic mass is 19.1. The van der Waals surface area contributed by atoms with Crippen LogP contribution >= 0.6 is 0 Å². The quantitative estimate of drug-likeness (QED) is 0.327. The molecule has 1 amide bonds. The molecule has 1 aliphatic heterocycles. The van der Waals surface area contributed by atoms with Crippen molar-refractivity contribution in [2.45, 2.75) is 18.3 Å². The number of piperidine rings is 1. The van der Waals surface area contributed by atoms with Crippen molar-refractivity contribution in [3.63, 3.8) is 0 Å². The van der Waals surface area contributed by atoms with Gasteiger partial charge in [-0.15, -0.1) is 0 Å². The summed E-state index contributed by atoms with van der Waals surface area (Å²) in [6, 6.07) is 26.4. The lowest BCUT2D eigenvalue weighted by Gasteiger charge is -2.25. The number of halogens is 1. The average molecular weight is 489 g/mol. The van der Waals surface area contributed by atoms with E-state index in [-0.39, 0.29) is 23.1 Å². The van der Waals surface area contributed by atoms with Crippen LogP contribution in [-0.2, 0) is 5.41 Å². The Morgan fingerprint density at radius 1 is 1.00 bits per heavy atom. The van der Waals surface area contributed by atoms with Crippen LogP contribution < -0.4 is 0 Å². The van der Waals surface area contributed by atoms with E-state index in [1.807, 2.05) is 64.4 Å². The Hall–Kier alpha value is -4.32. The van der Waals surface area contributed by atoms with Gasteiger partial charge >= 0.3 is 0 Å². The van der Waals surface area contributed by atoms with Crippen LogP contribution in [0.3, 0.4) is 0 Å². The lowest BCUT2D eigenvalue weighted by Crippen LogP contribution is -2.34. The lowest BCUT2D eigenvalue weighted by atomic mass is 9.87. The zero-order valence-corrected chi connectivity index (χ0v) is 20.4. The monoisotopic (exact) mass is 488 g/mol. The van der Waals surface area contributed by atoms with E-state index < -0.39 is 0 Å². The highest BCUT2D eigenvalue weighted by molar-refractivity contribution is 5.95. The molecule has 1 saturated heterocycles. The third-order valence-corrected chi connectivity index (χ3v) is 8.18. The van der Waals surface area contributed by atoms with Crippen molar-refractivity contribution in [3.05, 3.63) is 126 Å². The molecule has 1 saturated carbocycles. The van der Waals surface area contributed by atoms with Crippen molar-refractivity contribution in [2.24, 2.45) is 5.92 Å². The molecule has 6 heteroatoms. The Bertz CT molecular complexity index is 1630. The van der Waals surface area contributed by atoms with E-state index in [2.05, 4.69) is 30.2 Å². The van der Waals surface area contributed by atoms with Crippen LogP contribution in [-0.4, -0.2) is 38.7 Å². The van der Waals surface area contributed by atoms with Crippen molar-refractivity contribution < 1.29 is 9.18 Å². The molecule has 2 aromatic heterocycles. The van der Waals surface area contributed by atoms with Gasteiger partial charge < -0.3 is 4.90 Å². The van der Waals surface area contributed by atoms with Gasteiger partial charge in [-0.1, -0.05) is 24.3 Å². The fraction of sp³-hybridized carbons (Fsp3) is 0.194. The third kappa shape index (κ3) is 3.32. The Balaban J connectivity index is 1.31. The second-order valence-corrected chi connectivity index (χ2v) is 10.2. The second kappa shape index (κ2) is 8.10. The number of amides is 1. The number of carbonyl (C=O) groups is 1. The SMILES string of the molecule is Cc1cc2c(cnn2-c2ccc(F)cc2)cc1[C@@]12CN(C(=O)c3ccccc3)C[C@@H]1[C@@H]2c1ccccn1. The maximum Gasteiger partial charge on any atom is 0.253 e. The smallest absolute Gasteiger partial charge is 0.253 e. The predicted octanol–water partition coefficient (Wildman–Crippen LogP) is 5.68. The van der Waals surface area contributed by atoms with Gasteiger partial charge in [-0.25, -0.2) is 9.07 Å². The first-order valence-corrected chi connectivity index (χ1v) is 12.6. The molecule has 3 aromatic carbocycles. The minimum Gasteiger partial charge on any atom is -0.337 e. The van der Waals surface area contributed by atoms with E-state index in [0.29, 0.717) is 19.0 Å². The number of likely N-dealkylation sites (tertiary alicyclic amines) is 1. The first kappa shape index (κ1) is 21.9. The fourth-order valence-corrected chi connectivity index (χ4v) is 6.49. The molecular weight excluding hydrogens is 463 g/mol. The molecule has 3 heterocycles. The highest BCUT2D eigenvalue weighted by Crippen LogP contribution is 2.69. The summed E-state index contributed by atoms with van der Waals surface area (Å²) in [6.07, 6.45) is 3.72. The second-order valence-electron chi connectivity index (χ2n) is 10.2. The average Bonchev–Trinajstić information content (AvgIpc) is 3.19. The third-order valence-electron chi connectivity index (χ3n) is 8.18. The normalized spacial score (nSPS) is 22.3. The number of carbonyl (C=O) groups excluding carboxylic acids is 1. The number of benzene rings is 3. The van der Waals surface area contributed by atoms with Gasteiger partial charge in [0, 0.05) is 47.3 Å². The first-order chi connectivity index (χ1) is 18.1. The first-order valence-electron chi connectivity index (χ1n) is 12.6. The summed E-state index contributed by atoms with van der Waals surface area (Å²) >= 11 is 0. The van der Waals surface area contributed by atoms with Crippen LogP contribution in [0.5, 0.6) is 0 Å². The summed E-state index contributed by atoms with van der Waals surface area (Å²) in [6.45, 7) is 3.50. The maximum atomic E-state index is 13.5. The highest BCUT2D eigenvalue weighted by Gasteiger charge is 2.71. The Labute approximate surface area is 214 Å². The van der Waals surface area contributed by atoms with Gasteiger partial charge in [-0.3, -0.25) is 9.78 Å². The molecule has 2 fully saturated rings. The lowest BCUT2D eigenvalue weighted by molar-refractivity contribution is 0.0769. The number of hydrogen-bond donors (Lipinski definition) is 0. The molecule has 5 nitrogen and oxygen atoms in total. The Kier molecular flexibility index (Phi) is 4.80. The van der Waals surface area contributed by atoms with Crippen LogP contribution in [0, 0.1) is 18.7 Å². The van der Waals surface area contributed by atoms with Gasteiger partial charge in [0.15, 0.2) is 0 Å². The van der Waals surface area contributed by atoms with Crippen molar-refractivity contribution in [2.75, 3.05) is 13.1 Å². The van der Waals surface area contributed by atoms with Gasteiger partial charge in [-0.2, -0.15) is 5.10 Å². The zero-order chi connectivity index (χ0) is 25.1. The molecule has 7 rings (SSSR count). The van der Waals surface area contributed by atoms with Crippen LogP contribution in [0.25, 0.3) is 16.6 Å². The molecule has 0 spiro atoms. The molecule has 3 atom stereocenters. The molecular formula is C31H25FN4O. The molecule has 0 bridgehead atoms. The van der Waals surface area contributed by atoms with Gasteiger partial charge in [0.2, 0.25) is 0 Å². The van der Waals surface area contributed by atoms with Crippen LogP contribution in [0.15, 0.2) is 97.3 Å². The molecule has 182 valence electrons. The topological polar surface area (TPSA) is 51.0 Å². The zero-order valence-electron chi connectivity index (χ0n) is 20.4. The van der Waals surface area contributed by atoms with E-state index >= 15 is 0 Å². The summed E-state index contributed by atoms with van der Waals surface area (Å²) in [5.41, 5.74) is 5.83. The molecule has 5 aromatic rings. The molecule has 1 aliphatic carbocycles. The van der Waals surface area contributed by atoms with Gasteiger partial charge in [-0.05, 0) is 84.6 Å². The van der Waals surface area contributed by atoms with Crippen molar-refractivity contribution in [3.8, 4) is 5.69 Å². The van der Waals surface area contributed by atoms with Crippen LogP contribution in [0.2, 0.25) is 0 Å². The molecule has 0 radical (unpaired) electrons. The Morgan fingerprint density at radius 2 is 1.78 bits per heavy atom. The summed E-state index contributed by atoms with van der Waals surface area (Å²) in [5.74, 6) is 0.374. The largest absolute Gasteiger partial charge is 0.337 e. The van der Waals surface area contributed by atoms with Gasteiger partial charge in [0.05, 0.1) is 17.4 Å². The van der Waals surface area contributed by atoms with E-state index in [1.165, 1.54) is 17.7 Å². The van der Waals surface area contributed by atoms with Gasteiger partial charge in [0.25, 0.3) is 5.91 Å². The van der Waals surface area contributed by atoms with Crippen molar-refractivity contribution in [1.29, 1.82) is 0 Å². The summed E-state index contributed by atoms with van der Waals surface area (Å²) < 4.78 is 15.3. The number of aromatic nitrogens is 3. The number of rotatable bonds is 4. The van der Waals surface area contributed by atoms with Gasteiger partial charge in [0.1, 0.15) is 5.82 Å². The number of hydrogen-bond acceptors (Lipinski definition) is 3. The minimum atomic E-state index is -0.269. The standard InChI is InChI=1S/C31H25FN4O/c1-20-15-28-22(17-34-36(28)24-12-10-23(32)11-13-24)16-25(20)31-19-35(30(37)21-7-3-2-4-8-21)18-26(31)29(31)27-9-5-6-14-33-27/h2-17,26,29H,18-19H2,1H3/t26-,29-,31+/m1/s1. The van der Waals surface area contributed by atoms with Crippen molar-refractivity contribution in [1.82, 2.24) is 19.7 Å². The fourth-order valence-electron chi connectivity index (χ4n) is 6.49. The minimum absolute atomic E-state index is 0.0785. The molecule has 37 heavy (non-hydrogen) atoms. The number of nitrogens with zero attached hydrogens (tertiary/aromatic N) is 4. The van der Waals surface area contributed by atoms with Crippen molar-refractivity contribution >= 4 is 16.8 Å². The van der Waals surface area contributed by atoms with E-state index in [0.717, 1.165) is 33.4 Å². The summed E-state index contributed by atoms with van der Waals surface area (Å²) in [7, 11) is 0. The van der Waals surface area contributed by atoms with Crippen LogP contribution in [0.4, 0.5) is 4.39 Å². The van der Waals surface area contributed by atoms with Crippen LogP contribution in [0.1, 0.15) is 33.1 Å². The number of pyridine rings is 1. The number of fused-ring (bicyclic) bond motifs is 2. The maximum absolute atomic E-state index is 13.5. The molecule has 2 aliphatic rings.